The molecule has 0 aliphatic carbocycles. The van der Waals surface area contributed by atoms with E-state index in [9.17, 15) is 9.59 Å². The first-order valence-corrected chi connectivity index (χ1v) is 10.5. The molecule has 22 heavy (non-hydrogen) atoms. The highest BCUT2D eigenvalue weighted by Crippen LogP contribution is 2.39. The van der Waals surface area contributed by atoms with Gasteiger partial charge in [0.2, 0.25) is 8.32 Å². The third-order valence-electron chi connectivity index (χ3n) is 4.87. The Morgan fingerprint density at radius 1 is 1.36 bits per heavy atom. The molecule has 0 radical (unpaired) electrons. The summed E-state index contributed by atoms with van der Waals surface area (Å²) in [4.78, 5) is 26.2. The maximum atomic E-state index is 12.7. The number of amides is 2. The Kier molecular flexibility index (Phi) is 4.16. The average molecular weight is 326 g/mol. The highest BCUT2D eigenvalue weighted by Gasteiger charge is 2.51. The Hall–Kier alpha value is -1.34. The molecule has 2 amide bonds. The third-order valence-corrected chi connectivity index (χ3v) is 9.14. The van der Waals surface area contributed by atoms with Gasteiger partial charge in [-0.05, 0) is 30.6 Å². The second-order valence-corrected chi connectivity index (χ2v) is 12.2. The number of ether oxygens (including phenoxy) is 1. The summed E-state index contributed by atoms with van der Waals surface area (Å²) in [5, 5.41) is 1.46. The van der Waals surface area contributed by atoms with Gasteiger partial charge in [-0.15, -0.1) is 0 Å². The minimum absolute atomic E-state index is 0.000185. The van der Waals surface area contributed by atoms with Gasteiger partial charge in [0.25, 0.3) is 0 Å². The fourth-order valence-corrected chi connectivity index (χ4v) is 3.49. The van der Waals surface area contributed by atoms with Crippen molar-refractivity contribution in [2.24, 2.45) is 0 Å². The molecule has 0 aromatic heterocycles. The number of hydrogen-bond acceptors (Lipinski definition) is 4. The molecule has 2 rings (SSSR count). The molecule has 2 bridgehead atoms. The van der Waals surface area contributed by atoms with Gasteiger partial charge in [-0.1, -0.05) is 26.8 Å². The van der Waals surface area contributed by atoms with E-state index in [4.69, 9.17) is 9.26 Å². The van der Waals surface area contributed by atoms with E-state index in [0.29, 0.717) is 6.54 Å². The van der Waals surface area contributed by atoms with Crippen LogP contribution in [0.1, 0.15) is 27.7 Å². The molecule has 0 aromatic carbocycles. The molecule has 0 spiro atoms. The number of carbonyl (C=O) groups excluding carboxylic acids is 2. The van der Waals surface area contributed by atoms with Crippen molar-refractivity contribution >= 4 is 20.3 Å². The maximum absolute atomic E-state index is 12.7. The Morgan fingerprint density at radius 3 is 2.45 bits per heavy atom. The van der Waals surface area contributed by atoms with Crippen LogP contribution >= 0.6 is 0 Å². The van der Waals surface area contributed by atoms with E-state index >= 15 is 0 Å². The fraction of sp³-hybridized carbons (Fsp3) is 0.733. The van der Waals surface area contributed by atoms with Crippen LogP contribution in [0.3, 0.4) is 0 Å². The fourth-order valence-electron chi connectivity index (χ4n) is 2.51. The van der Waals surface area contributed by atoms with Gasteiger partial charge in [0.05, 0.1) is 19.7 Å². The lowest BCUT2D eigenvalue weighted by Crippen LogP contribution is -2.49. The van der Waals surface area contributed by atoms with Crippen molar-refractivity contribution < 1.29 is 18.9 Å². The summed E-state index contributed by atoms with van der Waals surface area (Å²) < 4.78 is 11.0. The van der Waals surface area contributed by atoms with Crippen LogP contribution in [0.4, 0.5) is 4.79 Å². The quantitative estimate of drug-likeness (QED) is 0.454. The van der Waals surface area contributed by atoms with E-state index < -0.39 is 20.3 Å². The third kappa shape index (κ3) is 2.67. The summed E-state index contributed by atoms with van der Waals surface area (Å²) in [6, 6.07) is -1.03. The standard InChI is InChI=1S/C15H26N2O4Si/c1-10-8-11-9-16(12(10)13(18)20-5)14(19)17(11)21-22(6,7)15(2,3)4/h8,11-12H,9H2,1-7H3/t11-,12+/m1/s1. The first kappa shape index (κ1) is 17.0. The van der Waals surface area contributed by atoms with E-state index in [0.717, 1.165) is 5.57 Å². The van der Waals surface area contributed by atoms with Gasteiger partial charge in [0.1, 0.15) is 0 Å². The summed E-state index contributed by atoms with van der Waals surface area (Å²) in [6.07, 6.45) is 1.94. The summed E-state index contributed by atoms with van der Waals surface area (Å²) in [5.74, 6) is -0.408. The first-order valence-electron chi connectivity index (χ1n) is 7.54. The molecular formula is C15H26N2O4Si. The average Bonchev–Trinajstić information content (AvgIpc) is 2.62. The van der Waals surface area contributed by atoms with Crippen molar-refractivity contribution in [2.75, 3.05) is 13.7 Å². The van der Waals surface area contributed by atoms with Gasteiger partial charge in [0, 0.05) is 0 Å². The van der Waals surface area contributed by atoms with Gasteiger partial charge < -0.3 is 14.2 Å². The molecule has 0 unspecified atom stereocenters. The molecule has 2 atom stereocenters. The van der Waals surface area contributed by atoms with Crippen molar-refractivity contribution in [1.29, 1.82) is 0 Å². The Morgan fingerprint density at radius 2 is 1.95 bits per heavy atom. The van der Waals surface area contributed by atoms with E-state index in [2.05, 4.69) is 33.9 Å². The van der Waals surface area contributed by atoms with Crippen LogP contribution in [0.25, 0.3) is 0 Å². The number of carbonyl (C=O) groups is 2. The Bertz CT molecular complexity index is 524. The molecule has 2 aliphatic rings. The zero-order chi connectivity index (χ0) is 16.9. The number of nitrogens with zero attached hydrogens (tertiary/aromatic N) is 2. The number of urea groups is 1. The molecule has 0 saturated carbocycles. The number of rotatable bonds is 3. The van der Waals surface area contributed by atoms with Gasteiger partial charge in [-0.3, -0.25) is 0 Å². The van der Waals surface area contributed by atoms with Crippen molar-refractivity contribution in [3.05, 3.63) is 11.6 Å². The summed E-state index contributed by atoms with van der Waals surface area (Å²) >= 11 is 0. The van der Waals surface area contributed by atoms with Crippen molar-refractivity contribution in [1.82, 2.24) is 9.96 Å². The molecular weight excluding hydrogens is 300 g/mol. The molecule has 7 heteroatoms. The van der Waals surface area contributed by atoms with Crippen LogP contribution in [0.5, 0.6) is 0 Å². The second-order valence-electron chi connectivity index (χ2n) is 7.52. The minimum Gasteiger partial charge on any atom is -0.467 e. The van der Waals surface area contributed by atoms with E-state index in [1.807, 2.05) is 13.0 Å². The zero-order valence-electron chi connectivity index (χ0n) is 14.5. The van der Waals surface area contributed by atoms with E-state index in [-0.39, 0.29) is 17.1 Å². The Balaban J connectivity index is 2.26. The lowest BCUT2D eigenvalue weighted by Gasteiger charge is -2.39. The van der Waals surface area contributed by atoms with Gasteiger partial charge in [-0.25, -0.2) is 14.7 Å². The number of fused-ring (bicyclic) bond motifs is 2. The normalized spacial score (nSPS) is 25.4. The number of methoxy groups -OCH3 is 1. The highest BCUT2D eigenvalue weighted by atomic mass is 28.4. The number of hydroxylamine groups is 2. The predicted octanol–water partition coefficient (Wildman–Crippen LogP) is 2.53. The van der Waals surface area contributed by atoms with Gasteiger partial charge in [0.15, 0.2) is 6.04 Å². The molecule has 1 saturated heterocycles. The van der Waals surface area contributed by atoms with Crippen LogP contribution in [0.2, 0.25) is 18.1 Å². The highest BCUT2D eigenvalue weighted by molar-refractivity contribution is 6.74. The SMILES string of the molecule is COC(=O)[C@@H]1C(C)=C[C@@H]2CN1C(=O)N2O[Si](C)(C)C(C)(C)C. The van der Waals surface area contributed by atoms with Crippen LogP contribution < -0.4 is 0 Å². The molecule has 1 fully saturated rings. The summed E-state index contributed by atoms with van der Waals surface area (Å²) in [5.41, 5.74) is 0.831. The lowest BCUT2D eigenvalue weighted by atomic mass is 10.0. The molecule has 2 aliphatic heterocycles. The molecule has 124 valence electrons. The second kappa shape index (κ2) is 5.38. The van der Waals surface area contributed by atoms with Gasteiger partial charge >= 0.3 is 12.0 Å². The van der Waals surface area contributed by atoms with E-state index in [1.54, 1.807) is 4.90 Å². The molecule has 6 nitrogen and oxygen atoms in total. The van der Waals surface area contributed by atoms with Crippen LogP contribution in [0.15, 0.2) is 11.6 Å². The Labute approximate surface area is 133 Å². The molecule has 0 N–H and O–H groups in total. The van der Waals surface area contributed by atoms with Crippen molar-refractivity contribution in [2.45, 2.75) is 57.9 Å². The van der Waals surface area contributed by atoms with Crippen LogP contribution in [0, 0.1) is 0 Å². The van der Waals surface area contributed by atoms with Crippen molar-refractivity contribution in [3.63, 3.8) is 0 Å². The summed E-state index contributed by atoms with van der Waals surface area (Å²) in [6.45, 7) is 12.9. The van der Waals surface area contributed by atoms with Gasteiger partial charge in [-0.2, -0.15) is 0 Å². The smallest absolute Gasteiger partial charge is 0.344 e. The largest absolute Gasteiger partial charge is 0.467 e. The first-order chi connectivity index (χ1) is 9.99. The monoisotopic (exact) mass is 326 g/mol. The minimum atomic E-state index is -2.12. The lowest BCUT2D eigenvalue weighted by molar-refractivity contribution is -0.144. The molecule has 2 heterocycles. The summed E-state index contributed by atoms with van der Waals surface area (Å²) in [7, 11) is -0.779. The van der Waals surface area contributed by atoms with Crippen molar-refractivity contribution in [3.8, 4) is 0 Å². The number of hydrogen-bond donors (Lipinski definition) is 0. The number of esters is 1. The van der Waals surface area contributed by atoms with Crippen LogP contribution in [-0.2, 0) is 14.1 Å². The topological polar surface area (TPSA) is 59.1 Å². The molecule has 0 aromatic rings. The predicted molar refractivity (Wildman–Crippen MR) is 85.6 cm³/mol. The van der Waals surface area contributed by atoms with E-state index in [1.165, 1.54) is 12.2 Å². The zero-order valence-corrected chi connectivity index (χ0v) is 15.5. The maximum Gasteiger partial charge on any atom is 0.344 e. The van der Waals surface area contributed by atoms with Crippen LogP contribution in [-0.4, -0.2) is 56.0 Å².